The van der Waals surface area contributed by atoms with E-state index in [1.165, 1.54) is 16.0 Å². The largest absolute Gasteiger partial charge is 0.265 e. The van der Waals surface area contributed by atoms with Gasteiger partial charge in [-0.1, -0.05) is 29.8 Å². The maximum absolute atomic E-state index is 4.00. The van der Waals surface area contributed by atoms with Crippen molar-refractivity contribution in [2.45, 2.75) is 17.6 Å². The third-order valence-corrected chi connectivity index (χ3v) is 3.22. The molecule has 1 heterocycles. The lowest BCUT2D eigenvalue weighted by Crippen LogP contribution is -1.81. The minimum Gasteiger partial charge on any atom is -0.265 e. The highest BCUT2D eigenvalue weighted by molar-refractivity contribution is 7.98. The first-order valence-electron chi connectivity index (χ1n) is 4.93. The molecule has 1 nitrogen and oxygen atoms in total. The average molecular weight is 215 g/mol. The monoisotopic (exact) mass is 215 g/mol. The summed E-state index contributed by atoms with van der Waals surface area (Å²) in [5.41, 5.74) is 2.69. The van der Waals surface area contributed by atoms with E-state index >= 15 is 0 Å². The molecule has 0 unspecified atom stereocenters. The van der Waals surface area contributed by atoms with Crippen LogP contribution in [0.1, 0.15) is 11.1 Å². The van der Waals surface area contributed by atoms with Gasteiger partial charge >= 0.3 is 0 Å². The number of nitrogens with zero attached hydrogens (tertiary/aromatic N) is 1. The number of pyridine rings is 1. The number of aryl methyl sites for hydroxylation is 1. The maximum atomic E-state index is 4.00. The molecule has 0 radical (unpaired) electrons. The van der Waals surface area contributed by atoms with Gasteiger partial charge in [0.15, 0.2) is 0 Å². The molecule has 0 atom stereocenters. The fourth-order valence-electron chi connectivity index (χ4n) is 1.40. The van der Waals surface area contributed by atoms with E-state index in [0.717, 1.165) is 5.75 Å². The molecule has 2 heteroatoms. The molecule has 0 spiro atoms. The maximum Gasteiger partial charge on any atom is 0.0278 e. The minimum atomic E-state index is 1.02. The summed E-state index contributed by atoms with van der Waals surface area (Å²) in [6.07, 6.45) is 3.66. The topological polar surface area (TPSA) is 12.9 Å². The minimum absolute atomic E-state index is 1.02. The van der Waals surface area contributed by atoms with Gasteiger partial charge in [0, 0.05) is 23.0 Å². The van der Waals surface area contributed by atoms with Gasteiger partial charge < -0.3 is 0 Å². The van der Waals surface area contributed by atoms with Crippen LogP contribution in [0, 0.1) is 6.92 Å². The Morgan fingerprint density at radius 3 is 2.67 bits per heavy atom. The van der Waals surface area contributed by atoms with Gasteiger partial charge in [-0.05, 0) is 24.6 Å². The number of benzene rings is 1. The van der Waals surface area contributed by atoms with Crippen LogP contribution in [0.15, 0.2) is 53.7 Å². The van der Waals surface area contributed by atoms with E-state index in [9.17, 15) is 0 Å². The van der Waals surface area contributed by atoms with Crippen LogP contribution in [0.3, 0.4) is 0 Å². The Bertz CT molecular complexity index is 426. The summed E-state index contributed by atoms with van der Waals surface area (Å²) in [4.78, 5) is 5.27. The Morgan fingerprint density at radius 1 is 1.13 bits per heavy atom. The Morgan fingerprint density at radius 2 is 1.93 bits per heavy atom. The van der Waals surface area contributed by atoms with Crippen molar-refractivity contribution >= 4 is 11.8 Å². The van der Waals surface area contributed by atoms with Gasteiger partial charge in [-0.3, -0.25) is 4.98 Å². The SMILES string of the molecule is Cc1cccc(CSc2ccncc2)c1. The van der Waals surface area contributed by atoms with Crippen molar-refractivity contribution in [2.24, 2.45) is 0 Å². The van der Waals surface area contributed by atoms with Crippen LogP contribution in [0.5, 0.6) is 0 Å². The summed E-state index contributed by atoms with van der Waals surface area (Å²) in [6.45, 7) is 2.13. The van der Waals surface area contributed by atoms with Crippen molar-refractivity contribution in [3.05, 3.63) is 59.9 Å². The second kappa shape index (κ2) is 4.99. The highest BCUT2D eigenvalue weighted by Gasteiger charge is 1.95. The van der Waals surface area contributed by atoms with Gasteiger partial charge in [0.2, 0.25) is 0 Å². The van der Waals surface area contributed by atoms with Crippen LogP contribution in [-0.4, -0.2) is 4.98 Å². The van der Waals surface area contributed by atoms with Crippen molar-refractivity contribution in [1.82, 2.24) is 4.98 Å². The Hall–Kier alpha value is -1.28. The molecule has 0 aliphatic heterocycles. The molecule has 1 aromatic carbocycles. The van der Waals surface area contributed by atoms with Crippen molar-refractivity contribution < 1.29 is 0 Å². The molecule has 0 aliphatic carbocycles. The standard InChI is InChI=1S/C13H13NS/c1-11-3-2-4-12(9-11)10-15-13-5-7-14-8-6-13/h2-9H,10H2,1H3. The van der Waals surface area contributed by atoms with E-state index < -0.39 is 0 Å². The van der Waals surface area contributed by atoms with Crippen LogP contribution in [0.4, 0.5) is 0 Å². The van der Waals surface area contributed by atoms with E-state index in [4.69, 9.17) is 0 Å². The van der Waals surface area contributed by atoms with Gasteiger partial charge in [-0.25, -0.2) is 0 Å². The molecule has 0 fully saturated rings. The van der Waals surface area contributed by atoms with E-state index in [1.807, 2.05) is 36.3 Å². The van der Waals surface area contributed by atoms with Gasteiger partial charge in [-0.15, -0.1) is 11.8 Å². The first kappa shape index (κ1) is 10.2. The predicted octanol–water partition coefficient (Wildman–Crippen LogP) is 3.68. The molecule has 15 heavy (non-hydrogen) atoms. The molecule has 0 bridgehead atoms. The Kier molecular flexibility index (Phi) is 3.41. The fourth-order valence-corrected chi connectivity index (χ4v) is 2.23. The quantitative estimate of drug-likeness (QED) is 0.724. The molecule has 76 valence electrons. The Balaban J connectivity index is 1.99. The van der Waals surface area contributed by atoms with Gasteiger partial charge in [0.05, 0.1) is 0 Å². The third kappa shape index (κ3) is 3.10. The zero-order valence-corrected chi connectivity index (χ0v) is 9.50. The summed E-state index contributed by atoms with van der Waals surface area (Å²) in [5, 5.41) is 0. The normalized spacial score (nSPS) is 10.2. The highest BCUT2D eigenvalue weighted by Crippen LogP contribution is 2.21. The summed E-state index contributed by atoms with van der Waals surface area (Å²) in [7, 11) is 0. The molecular weight excluding hydrogens is 202 g/mol. The summed E-state index contributed by atoms with van der Waals surface area (Å²) in [6, 6.07) is 12.7. The van der Waals surface area contributed by atoms with Crippen molar-refractivity contribution in [3.63, 3.8) is 0 Å². The number of hydrogen-bond donors (Lipinski definition) is 0. The van der Waals surface area contributed by atoms with Crippen LogP contribution >= 0.6 is 11.8 Å². The first-order chi connectivity index (χ1) is 7.34. The fraction of sp³-hybridized carbons (Fsp3) is 0.154. The number of aromatic nitrogens is 1. The molecule has 0 N–H and O–H groups in total. The predicted molar refractivity (Wildman–Crippen MR) is 65.0 cm³/mol. The summed E-state index contributed by atoms with van der Waals surface area (Å²) in [5.74, 6) is 1.02. The van der Waals surface area contributed by atoms with E-state index in [-0.39, 0.29) is 0 Å². The van der Waals surface area contributed by atoms with E-state index in [2.05, 4.69) is 36.2 Å². The molecule has 0 aliphatic rings. The van der Waals surface area contributed by atoms with Crippen molar-refractivity contribution in [1.29, 1.82) is 0 Å². The van der Waals surface area contributed by atoms with Crippen LogP contribution < -0.4 is 0 Å². The molecule has 2 aromatic rings. The number of thioether (sulfide) groups is 1. The molecular formula is C13H13NS. The van der Waals surface area contributed by atoms with Crippen molar-refractivity contribution in [2.75, 3.05) is 0 Å². The molecule has 0 amide bonds. The first-order valence-corrected chi connectivity index (χ1v) is 5.91. The van der Waals surface area contributed by atoms with Crippen LogP contribution in [-0.2, 0) is 5.75 Å². The zero-order valence-electron chi connectivity index (χ0n) is 8.68. The van der Waals surface area contributed by atoms with Gasteiger partial charge in [0.1, 0.15) is 0 Å². The second-order valence-corrected chi connectivity index (χ2v) is 4.51. The Labute approximate surface area is 94.6 Å². The molecule has 1 aromatic heterocycles. The lowest BCUT2D eigenvalue weighted by atomic mass is 10.2. The molecule has 2 rings (SSSR count). The number of rotatable bonds is 3. The van der Waals surface area contributed by atoms with E-state index in [0.29, 0.717) is 0 Å². The second-order valence-electron chi connectivity index (χ2n) is 3.46. The lowest BCUT2D eigenvalue weighted by molar-refractivity contribution is 1.26. The summed E-state index contributed by atoms with van der Waals surface area (Å²) >= 11 is 1.84. The zero-order chi connectivity index (χ0) is 10.5. The molecule has 0 saturated carbocycles. The smallest absolute Gasteiger partial charge is 0.0278 e. The van der Waals surface area contributed by atoms with Crippen LogP contribution in [0.2, 0.25) is 0 Å². The highest BCUT2D eigenvalue weighted by atomic mass is 32.2. The van der Waals surface area contributed by atoms with Gasteiger partial charge in [0.25, 0.3) is 0 Å². The number of hydrogen-bond acceptors (Lipinski definition) is 2. The third-order valence-electron chi connectivity index (χ3n) is 2.14. The lowest BCUT2D eigenvalue weighted by Gasteiger charge is -2.02. The average Bonchev–Trinajstić information content (AvgIpc) is 2.28. The van der Waals surface area contributed by atoms with E-state index in [1.54, 1.807) is 0 Å². The summed E-state index contributed by atoms with van der Waals surface area (Å²) < 4.78 is 0. The molecule has 0 saturated heterocycles. The van der Waals surface area contributed by atoms with Crippen molar-refractivity contribution in [3.8, 4) is 0 Å². The van der Waals surface area contributed by atoms with Gasteiger partial charge in [-0.2, -0.15) is 0 Å². The van der Waals surface area contributed by atoms with Crippen LogP contribution in [0.25, 0.3) is 0 Å².